The van der Waals surface area contributed by atoms with Gasteiger partial charge in [0.25, 0.3) is 11.8 Å². The lowest BCUT2D eigenvalue weighted by Gasteiger charge is -2.05. The molecule has 32 heavy (non-hydrogen) atoms. The summed E-state index contributed by atoms with van der Waals surface area (Å²) < 4.78 is 59.0. The molecule has 0 spiro atoms. The second kappa shape index (κ2) is 7.51. The Bertz CT molecular complexity index is 1330. The molecule has 0 radical (unpaired) electrons. The Morgan fingerprint density at radius 3 is 2.56 bits per heavy atom. The SMILES string of the molecule is O=C1NCc2ccc(-c3nnn(Cc4c(F)cc(-c5nnc(C(F)F)o5)cc4F)n3)cc21. The van der Waals surface area contributed by atoms with Crippen LogP contribution in [0.2, 0.25) is 0 Å². The van der Waals surface area contributed by atoms with Crippen LogP contribution in [0, 0.1) is 11.6 Å². The highest BCUT2D eigenvalue weighted by Crippen LogP contribution is 2.27. The summed E-state index contributed by atoms with van der Waals surface area (Å²) in [5, 5.41) is 21.0. The zero-order valence-corrected chi connectivity index (χ0v) is 15.9. The third-order valence-corrected chi connectivity index (χ3v) is 4.82. The minimum atomic E-state index is -3.00. The quantitative estimate of drug-likeness (QED) is 0.470. The Morgan fingerprint density at radius 1 is 1.06 bits per heavy atom. The second-order valence-corrected chi connectivity index (χ2v) is 6.86. The number of benzene rings is 2. The molecular formula is C19H11F4N7O2. The van der Waals surface area contributed by atoms with Crippen LogP contribution in [0.1, 0.15) is 33.8 Å². The molecule has 9 nitrogen and oxygen atoms in total. The number of alkyl halides is 2. The molecule has 0 bridgehead atoms. The number of rotatable bonds is 5. The van der Waals surface area contributed by atoms with Crippen molar-refractivity contribution in [3.05, 3.63) is 64.5 Å². The standard InChI is InChI=1S/C19H11F4N7O2/c20-13-4-10(18-26-27-19(32-18)15(22)23)5-14(21)12(13)7-30-28-16(25-29-30)8-1-2-9-6-24-17(31)11(9)3-8/h1-5,15H,6-7H2,(H,24,31). The smallest absolute Gasteiger partial charge is 0.314 e. The monoisotopic (exact) mass is 445 g/mol. The molecule has 13 heteroatoms. The Morgan fingerprint density at radius 2 is 1.84 bits per heavy atom. The molecule has 0 atom stereocenters. The van der Waals surface area contributed by atoms with E-state index >= 15 is 0 Å². The predicted molar refractivity (Wildman–Crippen MR) is 98.1 cm³/mol. The average molecular weight is 445 g/mol. The molecule has 1 aliphatic rings. The third kappa shape index (κ3) is 3.46. The highest BCUT2D eigenvalue weighted by molar-refractivity contribution is 5.99. The summed E-state index contributed by atoms with van der Waals surface area (Å²) in [7, 11) is 0. The van der Waals surface area contributed by atoms with Crippen molar-refractivity contribution in [3.63, 3.8) is 0 Å². The number of amides is 1. The van der Waals surface area contributed by atoms with Gasteiger partial charge in [-0.15, -0.1) is 20.4 Å². The van der Waals surface area contributed by atoms with E-state index in [1.807, 2.05) is 0 Å². The van der Waals surface area contributed by atoms with Crippen LogP contribution in [0.4, 0.5) is 17.6 Å². The summed E-state index contributed by atoms with van der Waals surface area (Å²) in [4.78, 5) is 12.8. The Hall–Kier alpha value is -4.16. The molecule has 1 N–H and O–H groups in total. The van der Waals surface area contributed by atoms with Crippen molar-refractivity contribution in [2.45, 2.75) is 19.5 Å². The zero-order chi connectivity index (χ0) is 22.4. The Balaban J connectivity index is 1.40. The maximum atomic E-state index is 14.6. The molecule has 2 aromatic heterocycles. The van der Waals surface area contributed by atoms with Crippen LogP contribution < -0.4 is 5.32 Å². The van der Waals surface area contributed by atoms with E-state index in [-0.39, 0.29) is 29.4 Å². The number of tetrazole rings is 1. The first-order chi connectivity index (χ1) is 15.4. The molecule has 0 fully saturated rings. The Labute approximate surface area is 176 Å². The van der Waals surface area contributed by atoms with Gasteiger partial charge >= 0.3 is 6.43 Å². The number of hydrogen-bond acceptors (Lipinski definition) is 7. The van der Waals surface area contributed by atoms with Crippen molar-refractivity contribution in [2.24, 2.45) is 0 Å². The lowest BCUT2D eigenvalue weighted by atomic mass is 10.1. The number of carbonyl (C=O) groups is 1. The van der Waals surface area contributed by atoms with Crippen molar-refractivity contribution in [2.75, 3.05) is 0 Å². The van der Waals surface area contributed by atoms with E-state index in [1.54, 1.807) is 18.2 Å². The summed E-state index contributed by atoms with van der Waals surface area (Å²) in [6.07, 6.45) is -3.00. The van der Waals surface area contributed by atoms with Crippen molar-refractivity contribution < 1.29 is 26.8 Å². The van der Waals surface area contributed by atoms with Gasteiger partial charge in [0, 0.05) is 28.8 Å². The van der Waals surface area contributed by atoms with Crippen LogP contribution in [-0.2, 0) is 13.1 Å². The fourth-order valence-electron chi connectivity index (χ4n) is 3.24. The fraction of sp³-hybridized carbons (Fsp3) is 0.158. The topological polar surface area (TPSA) is 112 Å². The van der Waals surface area contributed by atoms with Gasteiger partial charge in [0.05, 0.1) is 6.54 Å². The van der Waals surface area contributed by atoms with Gasteiger partial charge in [0.2, 0.25) is 11.7 Å². The molecule has 4 aromatic rings. The van der Waals surface area contributed by atoms with Crippen molar-refractivity contribution >= 4 is 5.91 Å². The molecule has 0 saturated carbocycles. The van der Waals surface area contributed by atoms with E-state index in [4.69, 9.17) is 4.42 Å². The second-order valence-electron chi connectivity index (χ2n) is 6.86. The summed E-state index contributed by atoms with van der Waals surface area (Å²) in [6.45, 7) is 0.0542. The number of halogens is 4. The maximum absolute atomic E-state index is 14.6. The zero-order valence-electron chi connectivity index (χ0n) is 15.9. The summed E-state index contributed by atoms with van der Waals surface area (Å²) >= 11 is 0. The van der Waals surface area contributed by atoms with Crippen molar-refractivity contribution in [3.8, 4) is 22.8 Å². The number of nitrogens with one attached hydrogen (secondary N) is 1. The van der Waals surface area contributed by atoms with Crippen LogP contribution in [0.15, 0.2) is 34.7 Å². The Kier molecular flexibility index (Phi) is 4.64. The first-order valence-corrected chi connectivity index (χ1v) is 9.18. The van der Waals surface area contributed by atoms with E-state index in [0.29, 0.717) is 17.7 Å². The van der Waals surface area contributed by atoms with E-state index < -0.39 is 29.8 Å². The van der Waals surface area contributed by atoms with Crippen LogP contribution >= 0.6 is 0 Å². The van der Waals surface area contributed by atoms with Crippen molar-refractivity contribution in [1.29, 1.82) is 0 Å². The van der Waals surface area contributed by atoms with E-state index in [9.17, 15) is 22.4 Å². The van der Waals surface area contributed by atoms with Gasteiger partial charge in [-0.3, -0.25) is 4.79 Å². The molecule has 5 rings (SSSR count). The van der Waals surface area contributed by atoms with Gasteiger partial charge < -0.3 is 9.73 Å². The normalized spacial score (nSPS) is 13.0. The van der Waals surface area contributed by atoms with Crippen LogP contribution in [0.3, 0.4) is 0 Å². The van der Waals surface area contributed by atoms with E-state index in [2.05, 4.69) is 30.9 Å². The van der Waals surface area contributed by atoms with Gasteiger partial charge in [-0.1, -0.05) is 12.1 Å². The molecule has 2 aromatic carbocycles. The number of fused-ring (bicyclic) bond motifs is 1. The molecule has 1 amide bonds. The predicted octanol–water partition coefficient (Wildman–Crippen LogP) is 2.90. The first-order valence-electron chi connectivity index (χ1n) is 9.18. The number of hydrogen-bond donors (Lipinski definition) is 1. The van der Waals surface area contributed by atoms with E-state index in [1.165, 1.54) is 0 Å². The summed E-state index contributed by atoms with van der Waals surface area (Å²) in [6, 6.07) is 6.87. The van der Waals surface area contributed by atoms with Crippen LogP contribution in [-0.4, -0.2) is 36.3 Å². The van der Waals surface area contributed by atoms with Gasteiger partial charge in [0.1, 0.15) is 11.6 Å². The minimum absolute atomic E-state index is 0.176. The lowest BCUT2D eigenvalue weighted by molar-refractivity contribution is 0.0965. The molecular weight excluding hydrogens is 434 g/mol. The molecule has 0 saturated heterocycles. The number of nitrogens with zero attached hydrogens (tertiary/aromatic N) is 6. The summed E-state index contributed by atoms with van der Waals surface area (Å²) in [5.74, 6) is -3.38. The van der Waals surface area contributed by atoms with Crippen LogP contribution in [0.25, 0.3) is 22.8 Å². The molecule has 162 valence electrons. The number of carbonyl (C=O) groups excluding carboxylic acids is 1. The minimum Gasteiger partial charge on any atom is -0.415 e. The third-order valence-electron chi connectivity index (χ3n) is 4.82. The molecule has 0 unspecified atom stereocenters. The van der Waals surface area contributed by atoms with E-state index in [0.717, 1.165) is 22.5 Å². The van der Waals surface area contributed by atoms with Gasteiger partial charge in [-0.25, -0.2) is 8.78 Å². The average Bonchev–Trinajstić information content (AvgIpc) is 3.51. The van der Waals surface area contributed by atoms with Gasteiger partial charge in [-0.2, -0.15) is 13.6 Å². The lowest BCUT2D eigenvalue weighted by Crippen LogP contribution is -2.12. The molecule has 1 aliphatic heterocycles. The maximum Gasteiger partial charge on any atom is 0.314 e. The fourth-order valence-corrected chi connectivity index (χ4v) is 3.24. The van der Waals surface area contributed by atoms with Gasteiger partial charge in [-0.05, 0) is 29.0 Å². The summed E-state index contributed by atoms with van der Waals surface area (Å²) in [5.41, 5.74) is 1.31. The molecule has 3 heterocycles. The van der Waals surface area contributed by atoms with Crippen LogP contribution in [0.5, 0.6) is 0 Å². The molecule has 0 aliphatic carbocycles. The highest BCUT2D eigenvalue weighted by Gasteiger charge is 2.22. The van der Waals surface area contributed by atoms with Crippen molar-refractivity contribution in [1.82, 2.24) is 35.7 Å². The number of aromatic nitrogens is 6. The highest BCUT2D eigenvalue weighted by atomic mass is 19.3. The first kappa shape index (κ1) is 19.8. The largest absolute Gasteiger partial charge is 0.415 e. The van der Waals surface area contributed by atoms with Gasteiger partial charge in [0.15, 0.2) is 0 Å².